The molecular formula is C17H21N3O4S. The van der Waals surface area contributed by atoms with Gasteiger partial charge in [0, 0.05) is 18.0 Å². The maximum absolute atomic E-state index is 12.6. The molecule has 2 rings (SSSR count). The Morgan fingerprint density at radius 3 is 2.68 bits per heavy atom. The average Bonchev–Trinajstić information content (AvgIpc) is 3.10. The summed E-state index contributed by atoms with van der Waals surface area (Å²) in [6.07, 6.45) is 4.32. The molecule has 7 nitrogen and oxygen atoms in total. The largest absolute Gasteiger partial charge is 0.363 e. The summed E-state index contributed by atoms with van der Waals surface area (Å²) < 4.78 is 30.9. The Labute approximate surface area is 147 Å². The van der Waals surface area contributed by atoms with Crippen LogP contribution in [0.25, 0.3) is 6.08 Å². The average molecular weight is 363 g/mol. The smallest absolute Gasteiger partial charge is 0.240 e. The molecule has 0 fully saturated rings. The summed E-state index contributed by atoms with van der Waals surface area (Å²) >= 11 is 0. The number of nitrogens with one attached hydrogen (secondary N) is 1. The molecule has 0 unspecified atom stereocenters. The minimum atomic E-state index is -3.72. The van der Waals surface area contributed by atoms with Crippen molar-refractivity contribution >= 4 is 27.8 Å². The number of unbranched alkanes of at least 4 members (excludes halogenated alkanes) is 1. The van der Waals surface area contributed by atoms with E-state index in [1.54, 1.807) is 12.1 Å². The molecule has 1 amide bonds. The summed E-state index contributed by atoms with van der Waals surface area (Å²) in [4.78, 5) is 12.1. The van der Waals surface area contributed by atoms with E-state index in [9.17, 15) is 13.2 Å². The minimum Gasteiger partial charge on any atom is -0.363 e. The van der Waals surface area contributed by atoms with Crippen molar-refractivity contribution in [3.63, 3.8) is 0 Å². The molecule has 0 saturated carbocycles. The lowest BCUT2D eigenvalue weighted by molar-refractivity contribution is -0.116. The maximum atomic E-state index is 12.6. The Bertz CT molecular complexity index is 787. The van der Waals surface area contributed by atoms with Gasteiger partial charge in [0.1, 0.15) is 6.26 Å². The summed E-state index contributed by atoms with van der Waals surface area (Å²) in [6.45, 7) is 1.94. The second-order valence-electron chi connectivity index (χ2n) is 5.38. The van der Waals surface area contributed by atoms with Crippen molar-refractivity contribution in [3.8, 4) is 0 Å². The van der Waals surface area contributed by atoms with Gasteiger partial charge in [0.05, 0.1) is 6.54 Å². The zero-order chi connectivity index (χ0) is 18.1. The van der Waals surface area contributed by atoms with Crippen LogP contribution in [0.1, 0.15) is 25.3 Å². The number of hydrogen-bond acceptors (Lipinski definition) is 5. The van der Waals surface area contributed by atoms with Gasteiger partial charge in [-0.1, -0.05) is 48.8 Å². The lowest BCUT2D eigenvalue weighted by Gasteiger charge is -2.19. The van der Waals surface area contributed by atoms with E-state index >= 15 is 0 Å². The van der Waals surface area contributed by atoms with Gasteiger partial charge < -0.3 is 9.84 Å². The number of carbonyl (C=O) groups is 1. The molecule has 0 aliphatic heterocycles. The number of benzene rings is 1. The molecule has 25 heavy (non-hydrogen) atoms. The third-order valence-corrected chi connectivity index (χ3v) is 4.89. The van der Waals surface area contributed by atoms with Gasteiger partial charge in [-0.2, -0.15) is 4.31 Å². The highest BCUT2D eigenvalue weighted by Gasteiger charge is 2.22. The molecular weight excluding hydrogens is 342 g/mol. The molecule has 0 aliphatic rings. The van der Waals surface area contributed by atoms with E-state index in [0.29, 0.717) is 6.42 Å². The lowest BCUT2D eigenvalue weighted by atomic mass is 10.2. The van der Waals surface area contributed by atoms with Gasteiger partial charge in [-0.3, -0.25) is 4.79 Å². The Balaban J connectivity index is 2.08. The fraction of sp³-hybridized carbons (Fsp3) is 0.294. The first-order valence-electron chi connectivity index (χ1n) is 7.95. The molecule has 8 heteroatoms. The van der Waals surface area contributed by atoms with Crippen molar-refractivity contribution in [2.24, 2.45) is 0 Å². The van der Waals surface area contributed by atoms with Crippen LogP contribution in [0.3, 0.4) is 0 Å². The molecule has 1 N–H and O–H groups in total. The van der Waals surface area contributed by atoms with E-state index in [1.165, 1.54) is 18.4 Å². The second kappa shape index (κ2) is 9.14. The molecule has 1 aromatic heterocycles. The van der Waals surface area contributed by atoms with Crippen molar-refractivity contribution in [3.05, 3.63) is 53.6 Å². The molecule has 1 heterocycles. The fourth-order valence-corrected chi connectivity index (χ4v) is 3.25. The highest BCUT2D eigenvalue weighted by atomic mass is 32.2. The number of anilines is 1. The summed E-state index contributed by atoms with van der Waals surface area (Å²) in [5.41, 5.74) is 0.772. The van der Waals surface area contributed by atoms with Crippen LogP contribution < -0.4 is 5.32 Å². The van der Waals surface area contributed by atoms with Crippen LogP contribution in [0, 0.1) is 0 Å². The first-order chi connectivity index (χ1) is 12.0. The van der Waals surface area contributed by atoms with E-state index in [-0.39, 0.29) is 18.9 Å². The van der Waals surface area contributed by atoms with Gasteiger partial charge in [0.25, 0.3) is 0 Å². The Kier molecular flexibility index (Phi) is 6.91. The number of hydrogen-bond donors (Lipinski definition) is 1. The van der Waals surface area contributed by atoms with Gasteiger partial charge in [-0.05, 0) is 18.1 Å². The van der Waals surface area contributed by atoms with Gasteiger partial charge in [-0.25, -0.2) is 8.42 Å². The second-order valence-corrected chi connectivity index (χ2v) is 7.20. The molecule has 0 aliphatic carbocycles. The highest BCUT2D eigenvalue weighted by Crippen LogP contribution is 2.10. The summed E-state index contributed by atoms with van der Waals surface area (Å²) in [5.74, 6) is -0.223. The number of carbonyl (C=O) groups excluding carboxylic acids is 1. The van der Waals surface area contributed by atoms with Crippen LogP contribution in [-0.2, 0) is 14.8 Å². The number of amides is 1. The molecule has 0 saturated heterocycles. The van der Waals surface area contributed by atoms with Crippen molar-refractivity contribution < 1.29 is 17.7 Å². The van der Waals surface area contributed by atoms with Crippen LogP contribution in [0.2, 0.25) is 0 Å². The first kappa shape index (κ1) is 18.9. The van der Waals surface area contributed by atoms with Crippen LogP contribution >= 0.6 is 0 Å². The predicted octanol–water partition coefficient (Wildman–Crippen LogP) is 2.72. The van der Waals surface area contributed by atoms with Gasteiger partial charge in [-0.15, -0.1) is 0 Å². The maximum Gasteiger partial charge on any atom is 0.240 e. The van der Waals surface area contributed by atoms with E-state index in [0.717, 1.165) is 21.7 Å². The molecule has 0 spiro atoms. The monoisotopic (exact) mass is 363 g/mol. The van der Waals surface area contributed by atoms with Crippen molar-refractivity contribution in [2.75, 3.05) is 18.4 Å². The molecule has 0 atom stereocenters. The number of rotatable bonds is 9. The van der Waals surface area contributed by atoms with Gasteiger partial charge in [0.15, 0.2) is 5.82 Å². The highest BCUT2D eigenvalue weighted by molar-refractivity contribution is 7.92. The third kappa shape index (κ3) is 6.17. The molecule has 134 valence electrons. The molecule has 2 aromatic rings. The number of aromatic nitrogens is 1. The quantitative estimate of drug-likeness (QED) is 0.739. The van der Waals surface area contributed by atoms with Crippen LogP contribution in [0.4, 0.5) is 5.82 Å². The fourth-order valence-electron chi connectivity index (χ4n) is 2.07. The molecule has 1 aromatic carbocycles. The van der Waals surface area contributed by atoms with Crippen LogP contribution in [-0.4, -0.2) is 36.9 Å². The zero-order valence-electron chi connectivity index (χ0n) is 14.0. The number of nitrogens with zero attached hydrogens (tertiary/aromatic N) is 2. The van der Waals surface area contributed by atoms with Crippen LogP contribution in [0.15, 0.2) is 52.6 Å². The minimum absolute atomic E-state index is 0.248. The van der Waals surface area contributed by atoms with Crippen molar-refractivity contribution in [1.29, 1.82) is 0 Å². The summed E-state index contributed by atoms with van der Waals surface area (Å²) in [5, 5.41) is 7.20. The van der Waals surface area contributed by atoms with E-state index in [1.807, 2.05) is 25.1 Å². The lowest BCUT2D eigenvalue weighted by Crippen LogP contribution is -2.37. The summed E-state index contributed by atoms with van der Waals surface area (Å²) in [6, 6.07) is 10.6. The SMILES string of the molecule is CCCCN(CC(=O)Nc1ccon1)S(=O)(=O)/C=C/c1ccccc1. The summed E-state index contributed by atoms with van der Waals surface area (Å²) in [7, 11) is -3.72. The van der Waals surface area contributed by atoms with Crippen molar-refractivity contribution in [1.82, 2.24) is 9.46 Å². The van der Waals surface area contributed by atoms with Gasteiger partial charge in [0.2, 0.25) is 15.9 Å². The molecule has 0 bridgehead atoms. The van der Waals surface area contributed by atoms with Crippen LogP contribution in [0.5, 0.6) is 0 Å². The van der Waals surface area contributed by atoms with Gasteiger partial charge >= 0.3 is 0 Å². The van der Waals surface area contributed by atoms with E-state index in [2.05, 4.69) is 15.0 Å². The Morgan fingerprint density at radius 2 is 2.04 bits per heavy atom. The normalized spacial score (nSPS) is 11.9. The Hall–Kier alpha value is -2.45. The Morgan fingerprint density at radius 1 is 1.28 bits per heavy atom. The predicted molar refractivity (Wildman–Crippen MR) is 96.0 cm³/mol. The van der Waals surface area contributed by atoms with E-state index < -0.39 is 15.9 Å². The molecule has 0 radical (unpaired) electrons. The first-order valence-corrected chi connectivity index (χ1v) is 9.45. The zero-order valence-corrected chi connectivity index (χ0v) is 14.8. The topological polar surface area (TPSA) is 92.5 Å². The number of sulfonamides is 1. The third-order valence-electron chi connectivity index (χ3n) is 3.38. The van der Waals surface area contributed by atoms with E-state index in [4.69, 9.17) is 0 Å². The van der Waals surface area contributed by atoms with Crippen molar-refractivity contribution in [2.45, 2.75) is 19.8 Å². The standard InChI is InChI=1S/C17H21N3O4S/c1-2-3-11-20(14-17(21)18-16-9-12-24-19-16)25(22,23)13-10-15-7-5-4-6-8-15/h4-10,12-13H,2-3,11,14H2,1H3,(H,18,19,21)/b13-10+.